The third kappa shape index (κ3) is 17.4. The third-order valence-corrected chi connectivity index (χ3v) is 4.40. The highest BCUT2D eigenvalue weighted by atomic mass is 16.5. The van der Waals surface area contributed by atoms with Crippen LogP contribution in [-0.4, -0.2) is 34.6 Å². The highest BCUT2D eigenvalue weighted by molar-refractivity contribution is 5.94. The molecule has 2 rings (SSSR count). The van der Waals surface area contributed by atoms with Crippen LogP contribution in [-0.2, 0) is 4.74 Å². The molecule has 0 atom stereocenters. The number of hydrogen-bond donors (Lipinski definition) is 3. The number of fused-ring (bicyclic) bond motifs is 1. The zero-order valence-corrected chi connectivity index (χ0v) is 23.2. The van der Waals surface area contributed by atoms with Crippen molar-refractivity contribution in [1.29, 1.82) is 0 Å². The summed E-state index contributed by atoms with van der Waals surface area (Å²) in [5.74, 6) is 2.74. The number of phenolic OH excluding ortho intramolecular Hbond substituents is 2. The summed E-state index contributed by atoms with van der Waals surface area (Å²) in [5, 5.41) is 29.2. The van der Waals surface area contributed by atoms with Gasteiger partial charge in [0, 0.05) is 24.0 Å². The Balaban J connectivity index is 0. The molecule has 4 nitrogen and oxygen atoms in total. The normalized spacial score (nSPS) is 10.5. The molecule has 192 valence electrons. The van der Waals surface area contributed by atoms with Crippen LogP contribution in [0.5, 0.6) is 11.5 Å². The van der Waals surface area contributed by atoms with Crippen molar-refractivity contribution < 1.29 is 20.1 Å². The predicted molar refractivity (Wildman–Crippen MR) is 144 cm³/mol. The van der Waals surface area contributed by atoms with Gasteiger partial charge in [0.25, 0.3) is 0 Å². The molecule has 0 fully saturated rings. The molecule has 0 saturated carbocycles. The summed E-state index contributed by atoms with van der Waals surface area (Å²) in [4.78, 5) is 0. The van der Waals surface area contributed by atoms with Crippen molar-refractivity contribution in [2.24, 2.45) is 17.8 Å². The smallest absolute Gasteiger partial charge is 0.126 e. The first-order chi connectivity index (χ1) is 15.2. The molecule has 2 aromatic rings. The number of aliphatic hydroxyl groups excluding tert-OH is 1. The van der Waals surface area contributed by atoms with E-state index in [4.69, 9.17) is 9.84 Å². The molecular formula is C29H52O4. The van der Waals surface area contributed by atoms with Crippen molar-refractivity contribution in [3.05, 3.63) is 35.4 Å². The maximum atomic E-state index is 9.76. The largest absolute Gasteiger partial charge is 0.507 e. The van der Waals surface area contributed by atoms with E-state index in [-0.39, 0.29) is 11.5 Å². The monoisotopic (exact) mass is 464 g/mol. The summed E-state index contributed by atoms with van der Waals surface area (Å²) >= 11 is 0. The first kappa shape index (κ1) is 33.4. The number of hydrogen-bond acceptors (Lipinski definition) is 4. The Bertz CT molecular complexity index is 691. The average molecular weight is 465 g/mol. The van der Waals surface area contributed by atoms with Crippen LogP contribution in [0.25, 0.3) is 10.8 Å². The molecule has 0 aliphatic carbocycles. The summed E-state index contributed by atoms with van der Waals surface area (Å²) in [7, 11) is 0. The van der Waals surface area contributed by atoms with Gasteiger partial charge in [0.05, 0.1) is 6.10 Å². The maximum absolute atomic E-state index is 9.76. The summed E-state index contributed by atoms with van der Waals surface area (Å²) in [6, 6.07) is 7.26. The van der Waals surface area contributed by atoms with E-state index in [1.165, 1.54) is 6.42 Å². The lowest BCUT2D eigenvalue weighted by molar-refractivity contribution is 0.0710. The van der Waals surface area contributed by atoms with Gasteiger partial charge in [-0.1, -0.05) is 72.7 Å². The minimum Gasteiger partial charge on any atom is -0.507 e. The molecule has 0 radical (unpaired) electrons. The van der Waals surface area contributed by atoms with E-state index < -0.39 is 0 Å². The lowest BCUT2D eigenvalue weighted by Gasteiger charge is -2.08. The number of benzene rings is 2. The lowest BCUT2D eigenvalue weighted by atomic mass is 10.0. The fourth-order valence-corrected chi connectivity index (χ4v) is 2.39. The molecule has 33 heavy (non-hydrogen) atoms. The van der Waals surface area contributed by atoms with Crippen molar-refractivity contribution >= 4 is 10.8 Å². The van der Waals surface area contributed by atoms with E-state index >= 15 is 0 Å². The van der Waals surface area contributed by atoms with Crippen LogP contribution in [0.1, 0.15) is 86.3 Å². The Morgan fingerprint density at radius 1 is 0.667 bits per heavy atom. The number of rotatable bonds is 6. The van der Waals surface area contributed by atoms with E-state index in [0.29, 0.717) is 29.4 Å². The first-order valence-corrected chi connectivity index (χ1v) is 12.4. The lowest BCUT2D eigenvalue weighted by Crippen LogP contribution is -2.05. The number of ether oxygens (including phenoxy) is 1. The van der Waals surface area contributed by atoms with Gasteiger partial charge in [-0.15, -0.1) is 0 Å². The Kier molecular flexibility index (Phi) is 18.8. The molecule has 0 aliphatic rings. The van der Waals surface area contributed by atoms with Gasteiger partial charge in [-0.3, -0.25) is 0 Å². The van der Waals surface area contributed by atoms with Crippen LogP contribution < -0.4 is 0 Å². The Morgan fingerprint density at radius 2 is 1.03 bits per heavy atom. The van der Waals surface area contributed by atoms with Gasteiger partial charge in [-0.25, -0.2) is 0 Å². The van der Waals surface area contributed by atoms with Crippen molar-refractivity contribution in [1.82, 2.24) is 0 Å². The van der Waals surface area contributed by atoms with Crippen LogP contribution in [0, 0.1) is 31.6 Å². The van der Waals surface area contributed by atoms with E-state index in [1.54, 1.807) is 12.1 Å². The summed E-state index contributed by atoms with van der Waals surface area (Å²) in [6.07, 6.45) is 2.50. The molecular weight excluding hydrogens is 412 g/mol. The summed E-state index contributed by atoms with van der Waals surface area (Å²) in [5.41, 5.74) is 1.64. The van der Waals surface area contributed by atoms with Gasteiger partial charge in [0.2, 0.25) is 0 Å². The molecule has 4 heteroatoms. The third-order valence-electron chi connectivity index (χ3n) is 4.40. The maximum Gasteiger partial charge on any atom is 0.126 e. The second-order valence-electron chi connectivity index (χ2n) is 10.3. The minimum absolute atomic E-state index is 0.248. The Labute approximate surface area is 204 Å². The van der Waals surface area contributed by atoms with Gasteiger partial charge >= 0.3 is 0 Å². The van der Waals surface area contributed by atoms with E-state index in [9.17, 15) is 10.2 Å². The molecule has 0 heterocycles. The fourth-order valence-electron chi connectivity index (χ4n) is 2.39. The minimum atomic E-state index is 0.248. The van der Waals surface area contributed by atoms with Crippen LogP contribution >= 0.6 is 0 Å². The van der Waals surface area contributed by atoms with Crippen molar-refractivity contribution in [2.75, 3.05) is 13.2 Å². The Morgan fingerprint density at radius 3 is 1.27 bits per heavy atom. The van der Waals surface area contributed by atoms with Gasteiger partial charge in [0.15, 0.2) is 0 Å². The highest BCUT2D eigenvalue weighted by Crippen LogP contribution is 2.35. The Hall–Kier alpha value is -1.78. The average Bonchev–Trinajstić information content (AvgIpc) is 2.67. The topological polar surface area (TPSA) is 69.9 Å². The molecule has 0 saturated heterocycles. The first-order valence-electron chi connectivity index (χ1n) is 12.4. The van der Waals surface area contributed by atoms with Gasteiger partial charge in [-0.2, -0.15) is 0 Å². The summed E-state index contributed by atoms with van der Waals surface area (Å²) < 4.78 is 5.35. The van der Waals surface area contributed by atoms with E-state index in [2.05, 4.69) is 62.3 Å². The summed E-state index contributed by atoms with van der Waals surface area (Å²) in [6.45, 7) is 24.2. The van der Waals surface area contributed by atoms with Crippen LogP contribution in [0.15, 0.2) is 24.3 Å². The van der Waals surface area contributed by atoms with Crippen molar-refractivity contribution in [3.63, 3.8) is 0 Å². The molecule has 0 spiro atoms. The van der Waals surface area contributed by atoms with Gasteiger partial charge < -0.3 is 20.1 Å². The van der Waals surface area contributed by atoms with Crippen molar-refractivity contribution in [2.45, 2.75) is 95.1 Å². The number of aromatic hydroxyl groups is 2. The van der Waals surface area contributed by atoms with Gasteiger partial charge in [-0.05, 0) is 69.4 Å². The second kappa shape index (κ2) is 18.6. The molecule has 3 N–H and O–H groups in total. The standard InChI is InChI=1S/C12H12O2.C8H18O.C5H12O.C4H10/c1-7-3-5-10-9(11(7)13)6-4-8(2)12(10)14;1-7(2)5-6-9-8(3)4;1-5(2)3-4-6;1-4(2)3/h3-6,13-14H,1-2H3;7-8H,5-6H2,1-4H3;5-6H,3-4H2,1-2H3;4H,1-3H3. The number of phenols is 2. The van der Waals surface area contributed by atoms with Crippen molar-refractivity contribution in [3.8, 4) is 11.5 Å². The number of aryl methyl sites for hydroxylation is 2. The van der Waals surface area contributed by atoms with Crippen LogP contribution in [0.4, 0.5) is 0 Å². The predicted octanol–water partition coefficient (Wildman–Crippen LogP) is 8.01. The van der Waals surface area contributed by atoms with Crippen LogP contribution in [0.2, 0.25) is 0 Å². The SMILES string of the molecule is CC(C)C.CC(C)CCO.CC(C)CCOC(C)C.Cc1ccc2c(O)c(C)ccc2c1O. The highest BCUT2D eigenvalue weighted by Gasteiger charge is 2.07. The molecule has 0 aromatic heterocycles. The zero-order valence-electron chi connectivity index (χ0n) is 23.2. The quantitative estimate of drug-likeness (QED) is 0.405. The van der Waals surface area contributed by atoms with Crippen LogP contribution in [0.3, 0.4) is 0 Å². The zero-order chi connectivity index (χ0) is 26.1. The molecule has 0 amide bonds. The second-order valence-corrected chi connectivity index (χ2v) is 10.3. The number of aliphatic hydroxyl groups is 1. The fraction of sp³-hybridized carbons (Fsp3) is 0.655. The van der Waals surface area contributed by atoms with E-state index in [0.717, 1.165) is 36.0 Å². The molecule has 0 bridgehead atoms. The molecule has 2 aromatic carbocycles. The van der Waals surface area contributed by atoms with Gasteiger partial charge in [0.1, 0.15) is 11.5 Å². The molecule has 0 unspecified atom stereocenters. The van der Waals surface area contributed by atoms with E-state index in [1.807, 2.05) is 26.0 Å². The molecule has 0 aliphatic heterocycles.